The number of hydrogen-bond donors (Lipinski definition) is 0. The van der Waals surface area contributed by atoms with Crippen LogP contribution in [0.25, 0.3) is 0 Å². The topological polar surface area (TPSA) is 52.6 Å². The van der Waals surface area contributed by atoms with E-state index in [1.54, 1.807) is 25.3 Å². The molecular weight excluding hydrogens is 304 g/mol. The second-order valence-corrected chi connectivity index (χ2v) is 6.02. The van der Waals surface area contributed by atoms with E-state index in [4.69, 9.17) is 9.47 Å². The lowest BCUT2D eigenvalue weighted by Gasteiger charge is -2.08. The third kappa shape index (κ3) is 3.32. The Labute approximate surface area is 141 Å². The quantitative estimate of drug-likeness (QED) is 0.623. The number of Topliss-reactive ketones (excluding diaryl/α,β-unsaturated/α-hetero) is 1. The molecule has 0 saturated carbocycles. The predicted molar refractivity (Wildman–Crippen MR) is 90.8 cm³/mol. The van der Waals surface area contributed by atoms with E-state index in [0.717, 1.165) is 24.8 Å². The van der Waals surface area contributed by atoms with Gasteiger partial charge in [-0.15, -0.1) is 0 Å². The van der Waals surface area contributed by atoms with Gasteiger partial charge in [0.15, 0.2) is 12.4 Å². The molecule has 124 valence electrons. The van der Waals surface area contributed by atoms with Crippen molar-refractivity contribution in [2.24, 2.45) is 0 Å². The Morgan fingerprint density at radius 1 is 1.00 bits per heavy atom. The maximum atomic E-state index is 12.3. The van der Waals surface area contributed by atoms with E-state index in [-0.39, 0.29) is 12.4 Å². The molecule has 1 aliphatic carbocycles. The fraction of sp³-hybridized carbons (Fsp3) is 0.300. The molecule has 24 heavy (non-hydrogen) atoms. The molecule has 2 aromatic rings. The van der Waals surface area contributed by atoms with E-state index in [9.17, 15) is 9.59 Å². The molecule has 0 atom stereocenters. The fourth-order valence-corrected chi connectivity index (χ4v) is 2.99. The normalized spacial score (nSPS) is 12.6. The van der Waals surface area contributed by atoms with Crippen LogP contribution in [-0.2, 0) is 17.6 Å². The van der Waals surface area contributed by atoms with Crippen LogP contribution < -0.4 is 4.74 Å². The van der Waals surface area contributed by atoms with Crippen LogP contribution in [0, 0.1) is 6.92 Å². The average molecular weight is 324 g/mol. The Morgan fingerprint density at radius 3 is 2.54 bits per heavy atom. The molecule has 0 fully saturated rings. The number of methoxy groups -OCH3 is 1. The van der Waals surface area contributed by atoms with Crippen molar-refractivity contribution < 1.29 is 19.1 Å². The third-order valence-electron chi connectivity index (χ3n) is 4.40. The van der Waals surface area contributed by atoms with Crippen molar-refractivity contribution in [2.45, 2.75) is 26.2 Å². The zero-order valence-corrected chi connectivity index (χ0v) is 13.9. The van der Waals surface area contributed by atoms with Crippen LogP contribution in [0.3, 0.4) is 0 Å². The molecule has 0 N–H and O–H groups in total. The number of rotatable bonds is 5. The van der Waals surface area contributed by atoms with Crippen molar-refractivity contribution >= 4 is 11.8 Å². The largest absolute Gasteiger partial charge is 0.496 e. The highest BCUT2D eigenvalue weighted by molar-refractivity contribution is 5.99. The molecule has 0 aromatic heterocycles. The molecule has 4 heteroatoms. The number of ketones is 1. The predicted octanol–water partition coefficient (Wildman–Crippen LogP) is 3.53. The molecule has 3 rings (SSSR count). The lowest BCUT2D eigenvalue weighted by molar-refractivity contribution is 0.0474. The van der Waals surface area contributed by atoms with Gasteiger partial charge in [-0.3, -0.25) is 4.79 Å². The first-order chi connectivity index (χ1) is 11.6. The van der Waals surface area contributed by atoms with Gasteiger partial charge in [-0.25, -0.2) is 4.79 Å². The third-order valence-corrected chi connectivity index (χ3v) is 4.40. The Morgan fingerprint density at radius 2 is 1.75 bits per heavy atom. The molecule has 0 saturated heterocycles. The Bertz CT molecular complexity index is 769. The second-order valence-electron chi connectivity index (χ2n) is 6.02. The summed E-state index contributed by atoms with van der Waals surface area (Å²) < 4.78 is 10.4. The van der Waals surface area contributed by atoms with Crippen molar-refractivity contribution in [1.29, 1.82) is 0 Å². The highest BCUT2D eigenvalue weighted by atomic mass is 16.5. The number of esters is 1. The van der Waals surface area contributed by atoms with Crippen LogP contribution in [0.4, 0.5) is 0 Å². The van der Waals surface area contributed by atoms with Gasteiger partial charge in [0.05, 0.1) is 12.7 Å². The highest BCUT2D eigenvalue weighted by Gasteiger charge is 2.16. The van der Waals surface area contributed by atoms with Gasteiger partial charge in [0.2, 0.25) is 0 Å². The van der Waals surface area contributed by atoms with Crippen molar-refractivity contribution in [1.82, 2.24) is 0 Å². The fourth-order valence-electron chi connectivity index (χ4n) is 2.99. The molecule has 2 aromatic carbocycles. The van der Waals surface area contributed by atoms with Gasteiger partial charge in [0.25, 0.3) is 0 Å². The number of carbonyl (C=O) groups is 2. The number of ether oxygens (including phenoxy) is 2. The van der Waals surface area contributed by atoms with Gasteiger partial charge in [-0.2, -0.15) is 0 Å². The molecule has 1 aliphatic rings. The summed E-state index contributed by atoms with van der Waals surface area (Å²) in [5.41, 5.74) is 4.46. The van der Waals surface area contributed by atoms with Crippen LogP contribution in [0.15, 0.2) is 36.4 Å². The van der Waals surface area contributed by atoms with Gasteiger partial charge >= 0.3 is 5.97 Å². The highest BCUT2D eigenvalue weighted by Crippen LogP contribution is 2.23. The Hall–Kier alpha value is -2.62. The van der Waals surface area contributed by atoms with Crippen LogP contribution in [-0.4, -0.2) is 25.5 Å². The van der Waals surface area contributed by atoms with E-state index in [1.807, 2.05) is 25.1 Å². The number of hydrogen-bond acceptors (Lipinski definition) is 4. The van der Waals surface area contributed by atoms with Gasteiger partial charge in [0, 0.05) is 5.56 Å². The molecule has 0 unspecified atom stereocenters. The Kier molecular flexibility index (Phi) is 4.65. The number of fused-ring (bicyclic) bond motifs is 1. The molecule has 0 spiro atoms. The van der Waals surface area contributed by atoms with Crippen LogP contribution >= 0.6 is 0 Å². The van der Waals surface area contributed by atoms with E-state index in [0.29, 0.717) is 16.9 Å². The SMILES string of the molecule is COc1cc(C(=O)OCC(=O)c2ccc3c(c2)CCC3)ccc1C. The summed E-state index contributed by atoms with van der Waals surface area (Å²) in [5.74, 6) is -0.0886. The van der Waals surface area contributed by atoms with E-state index in [2.05, 4.69) is 0 Å². The van der Waals surface area contributed by atoms with Gasteiger partial charge in [-0.05, 0) is 61.1 Å². The van der Waals surface area contributed by atoms with Gasteiger partial charge in [-0.1, -0.05) is 18.2 Å². The maximum absolute atomic E-state index is 12.3. The molecule has 0 heterocycles. The summed E-state index contributed by atoms with van der Waals surface area (Å²) in [6.07, 6.45) is 3.23. The van der Waals surface area contributed by atoms with Crippen LogP contribution in [0.5, 0.6) is 5.75 Å². The number of benzene rings is 2. The summed E-state index contributed by atoms with van der Waals surface area (Å²) >= 11 is 0. The second kappa shape index (κ2) is 6.87. The maximum Gasteiger partial charge on any atom is 0.338 e. The molecule has 4 nitrogen and oxygen atoms in total. The van der Waals surface area contributed by atoms with Crippen molar-refractivity contribution in [3.05, 3.63) is 64.2 Å². The van der Waals surface area contributed by atoms with Crippen LogP contribution in [0.1, 0.15) is 43.8 Å². The standard InChI is InChI=1S/C20H20O4/c1-13-6-7-17(11-19(13)23-2)20(22)24-12-18(21)16-9-8-14-4-3-5-15(14)10-16/h6-11H,3-5,12H2,1-2H3. The number of carbonyl (C=O) groups excluding carboxylic acids is 2. The average Bonchev–Trinajstić information content (AvgIpc) is 3.07. The first-order valence-electron chi connectivity index (χ1n) is 8.05. The molecular formula is C20H20O4. The zero-order valence-electron chi connectivity index (χ0n) is 13.9. The Balaban J connectivity index is 1.64. The molecule has 0 aliphatic heterocycles. The molecule has 0 radical (unpaired) electrons. The first kappa shape index (κ1) is 16.2. The summed E-state index contributed by atoms with van der Waals surface area (Å²) in [6, 6.07) is 10.8. The monoisotopic (exact) mass is 324 g/mol. The number of aryl methyl sites for hydroxylation is 3. The smallest absolute Gasteiger partial charge is 0.338 e. The van der Waals surface area contributed by atoms with Gasteiger partial charge in [0.1, 0.15) is 5.75 Å². The van der Waals surface area contributed by atoms with Crippen molar-refractivity contribution in [2.75, 3.05) is 13.7 Å². The minimum absolute atomic E-state index is 0.183. The van der Waals surface area contributed by atoms with Crippen LogP contribution in [0.2, 0.25) is 0 Å². The lowest BCUT2D eigenvalue weighted by Crippen LogP contribution is -2.14. The lowest BCUT2D eigenvalue weighted by atomic mass is 10.0. The summed E-state index contributed by atoms with van der Waals surface area (Å²) in [5, 5.41) is 0. The van der Waals surface area contributed by atoms with Gasteiger partial charge < -0.3 is 9.47 Å². The van der Waals surface area contributed by atoms with E-state index < -0.39 is 5.97 Å². The summed E-state index contributed by atoms with van der Waals surface area (Å²) in [6.45, 7) is 1.64. The van der Waals surface area contributed by atoms with E-state index >= 15 is 0 Å². The minimum atomic E-state index is -0.525. The molecule has 0 bridgehead atoms. The minimum Gasteiger partial charge on any atom is -0.496 e. The van der Waals surface area contributed by atoms with Crippen molar-refractivity contribution in [3.63, 3.8) is 0 Å². The van der Waals surface area contributed by atoms with E-state index in [1.165, 1.54) is 11.1 Å². The zero-order chi connectivity index (χ0) is 17.1. The summed E-state index contributed by atoms with van der Waals surface area (Å²) in [7, 11) is 1.55. The summed E-state index contributed by atoms with van der Waals surface area (Å²) in [4.78, 5) is 24.4. The van der Waals surface area contributed by atoms with Crippen molar-refractivity contribution in [3.8, 4) is 5.75 Å². The first-order valence-corrected chi connectivity index (χ1v) is 8.05. The molecule has 0 amide bonds.